The summed E-state index contributed by atoms with van der Waals surface area (Å²) in [5.41, 5.74) is 1.98. The molecular weight excluding hydrogens is 276 g/mol. The number of hydrogen-bond donors (Lipinski definition) is 1. The van der Waals surface area contributed by atoms with Crippen LogP contribution in [0.25, 0.3) is 0 Å². The summed E-state index contributed by atoms with van der Waals surface area (Å²) >= 11 is 0. The molecule has 22 heavy (non-hydrogen) atoms. The summed E-state index contributed by atoms with van der Waals surface area (Å²) < 4.78 is 1.84. The zero-order valence-corrected chi connectivity index (χ0v) is 13.2. The van der Waals surface area contributed by atoms with Crippen LogP contribution < -0.4 is 10.2 Å². The number of hydrogen-bond acceptors (Lipinski definition) is 3. The highest BCUT2D eigenvalue weighted by molar-refractivity contribution is 5.99. The van der Waals surface area contributed by atoms with Gasteiger partial charge in [0.1, 0.15) is 6.04 Å². The van der Waals surface area contributed by atoms with Crippen LogP contribution in [0.15, 0.2) is 43.0 Å². The molecule has 0 spiro atoms. The van der Waals surface area contributed by atoms with Gasteiger partial charge >= 0.3 is 0 Å². The fourth-order valence-electron chi connectivity index (χ4n) is 2.81. The second-order valence-corrected chi connectivity index (χ2v) is 6.15. The Balaban J connectivity index is 1.93. The van der Waals surface area contributed by atoms with Crippen LogP contribution in [-0.2, 0) is 4.79 Å². The van der Waals surface area contributed by atoms with Crippen molar-refractivity contribution in [2.24, 2.45) is 5.92 Å². The molecule has 2 aromatic rings. The SMILES string of the molecule is CC(C)[C@@H]1CN(C(=O)[C@H](C)n2ccnc2)c2ccccc2N1. The first-order valence-electron chi connectivity index (χ1n) is 7.72. The van der Waals surface area contributed by atoms with Gasteiger partial charge < -0.3 is 14.8 Å². The zero-order valence-electron chi connectivity index (χ0n) is 13.2. The lowest BCUT2D eigenvalue weighted by atomic mass is 9.99. The summed E-state index contributed by atoms with van der Waals surface area (Å²) in [7, 11) is 0. The number of para-hydroxylation sites is 2. The van der Waals surface area contributed by atoms with Crippen molar-refractivity contribution in [2.75, 3.05) is 16.8 Å². The third kappa shape index (κ3) is 2.58. The molecule has 2 heterocycles. The van der Waals surface area contributed by atoms with Gasteiger partial charge in [0.05, 0.1) is 17.7 Å². The standard InChI is InChI=1S/C17H22N4O/c1-12(2)15-10-21(16-7-5-4-6-14(16)19-15)17(22)13(3)20-9-8-18-11-20/h4-9,11-13,15,19H,10H2,1-3H3/t13-,15-/m0/s1. The van der Waals surface area contributed by atoms with Crippen LogP contribution in [-0.4, -0.2) is 28.0 Å². The van der Waals surface area contributed by atoms with Gasteiger partial charge in [-0.2, -0.15) is 0 Å². The topological polar surface area (TPSA) is 50.2 Å². The molecule has 1 aliphatic heterocycles. The zero-order chi connectivity index (χ0) is 15.7. The molecular formula is C17H22N4O. The third-order valence-electron chi connectivity index (χ3n) is 4.32. The van der Waals surface area contributed by atoms with Crippen molar-refractivity contribution in [2.45, 2.75) is 32.9 Å². The summed E-state index contributed by atoms with van der Waals surface area (Å²) in [5.74, 6) is 0.546. The average Bonchev–Trinajstić information content (AvgIpc) is 3.06. The highest BCUT2D eigenvalue weighted by Gasteiger charge is 2.31. The monoisotopic (exact) mass is 298 g/mol. The number of nitrogens with zero attached hydrogens (tertiary/aromatic N) is 3. The van der Waals surface area contributed by atoms with E-state index in [2.05, 4.69) is 24.1 Å². The first-order valence-corrected chi connectivity index (χ1v) is 7.72. The molecule has 2 atom stereocenters. The Morgan fingerprint density at radius 2 is 2.09 bits per heavy atom. The number of aromatic nitrogens is 2. The maximum atomic E-state index is 13.0. The molecule has 1 aromatic carbocycles. The number of carbonyl (C=O) groups excluding carboxylic acids is 1. The van der Waals surface area contributed by atoms with E-state index in [0.29, 0.717) is 12.5 Å². The first-order chi connectivity index (χ1) is 10.6. The molecule has 5 nitrogen and oxygen atoms in total. The predicted molar refractivity (Wildman–Crippen MR) is 88.0 cm³/mol. The largest absolute Gasteiger partial charge is 0.379 e. The van der Waals surface area contributed by atoms with Crippen LogP contribution in [0, 0.1) is 5.92 Å². The Kier molecular flexibility index (Phi) is 3.88. The number of anilines is 2. The average molecular weight is 298 g/mol. The minimum absolute atomic E-state index is 0.0950. The van der Waals surface area contributed by atoms with Gasteiger partial charge in [-0.1, -0.05) is 26.0 Å². The van der Waals surface area contributed by atoms with Gasteiger partial charge in [0.2, 0.25) is 5.91 Å². The molecule has 1 aliphatic rings. The van der Waals surface area contributed by atoms with Gasteiger partial charge in [-0.3, -0.25) is 4.79 Å². The molecule has 0 saturated carbocycles. The van der Waals surface area contributed by atoms with E-state index in [1.165, 1.54) is 0 Å². The van der Waals surface area contributed by atoms with E-state index in [9.17, 15) is 4.79 Å². The predicted octanol–water partition coefficient (Wildman–Crippen LogP) is 2.93. The molecule has 0 fully saturated rings. The van der Waals surface area contributed by atoms with Crippen LogP contribution in [0.3, 0.4) is 0 Å². The number of amides is 1. The Morgan fingerprint density at radius 3 is 2.77 bits per heavy atom. The van der Waals surface area contributed by atoms with Crippen LogP contribution in [0.2, 0.25) is 0 Å². The van der Waals surface area contributed by atoms with Gasteiger partial charge in [-0.15, -0.1) is 0 Å². The van der Waals surface area contributed by atoms with Crippen molar-refractivity contribution in [1.82, 2.24) is 9.55 Å². The molecule has 0 aliphatic carbocycles. The lowest BCUT2D eigenvalue weighted by molar-refractivity contribution is -0.121. The fourth-order valence-corrected chi connectivity index (χ4v) is 2.81. The molecule has 1 aromatic heterocycles. The Labute approximate surface area is 131 Å². The molecule has 116 valence electrons. The maximum absolute atomic E-state index is 13.0. The number of benzene rings is 1. The summed E-state index contributed by atoms with van der Waals surface area (Å²) in [5, 5.41) is 3.54. The van der Waals surface area contributed by atoms with Crippen molar-refractivity contribution in [3.8, 4) is 0 Å². The Morgan fingerprint density at radius 1 is 1.32 bits per heavy atom. The van der Waals surface area contributed by atoms with E-state index < -0.39 is 0 Å². The minimum Gasteiger partial charge on any atom is -0.379 e. The van der Waals surface area contributed by atoms with Crippen LogP contribution >= 0.6 is 0 Å². The molecule has 0 bridgehead atoms. The van der Waals surface area contributed by atoms with Crippen molar-refractivity contribution in [3.63, 3.8) is 0 Å². The summed E-state index contributed by atoms with van der Waals surface area (Å²) in [6.07, 6.45) is 5.22. The van der Waals surface area contributed by atoms with Crippen molar-refractivity contribution in [1.29, 1.82) is 0 Å². The molecule has 1 N–H and O–H groups in total. The van der Waals surface area contributed by atoms with Gasteiger partial charge in [-0.25, -0.2) is 4.98 Å². The summed E-state index contributed by atoms with van der Waals surface area (Å²) in [6.45, 7) is 6.95. The third-order valence-corrected chi connectivity index (χ3v) is 4.32. The summed E-state index contributed by atoms with van der Waals surface area (Å²) in [4.78, 5) is 18.9. The summed E-state index contributed by atoms with van der Waals surface area (Å²) in [6, 6.07) is 7.99. The van der Waals surface area contributed by atoms with Crippen LogP contribution in [0.4, 0.5) is 11.4 Å². The highest BCUT2D eigenvalue weighted by Crippen LogP contribution is 2.33. The number of nitrogens with one attached hydrogen (secondary N) is 1. The van der Waals surface area contributed by atoms with E-state index in [0.717, 1.165) is 11.4 Å². The molecule has 0 unspecified atom stereocenters. The minimum atomic E-state index is -0.263. The first kappa shape index (κ1) is 14.6. The van der Waals surface area contributed by atoms with Gasteiger partial charge in [0, 0.05) is 25.0 Å². The molecule has 5 heteroatoms. The second-order valence-electron chi connectivity index (χ2n) is 6.15. The quantitative estimate of drug-likeness (QED) is 0.948. The Hall–Kier alpha value is -2.30. The number of carbonyl (C=O) groups is 1. The van der Waals surface area contributed by atoms with E-state index in [1.807, 2.05) is 46.9 Å². The second kappa shape index (κ2) is 5.83. The van der Waals surface area contributed by atoms with E-state index >= 15 is 0 Å². The van der Waals surface area contributed by atoms with Crippen LogP contribution in [0.5, 0.6) is 0 Å². The number of fused-ring (bicyclic) bond motifs is 1. The molecule has 3 rings (SSSR count). The van der Waals surface area contributed by atoms with Crippen molar-refractivity contribution in [3.05, 3.63) is 43.0 Å². The highest BCUT2D eigenvalue weighted by atomic mass is 16.2. The molecule has 0 radical (unpaired) electrons. The van der Waals surface area contributed by atoms with Crippen LogP contribution in [0.1, 0.15) is 26.8 Å². The van der Waals surface area contributed by atoms with E-state index in [-0.39, 0.29) is 18.0 Å². The van der Waals surface area contributed by atoms with E-state index in [1.54, 1.807) is 12.5 Å². The van der Waals surface area contributed by atoms with Crippen molar-refractivity contribution < 1.29 is 4.79 Å². The fraction of sp³-hybridized carbons (Fsp3) is 0.412. The molecule has 0 saturated heterocycles. The van der Waals surface area contributed by atoms with Gasteiger partial charge in [0.25, 0.3) is 0 Å². The smallest absolute Gasteiger partial charge is 0.249 e. The van der Waals surface area contributed by atoms with Gasteiger partial charge in [0.15, 0.2) is 0 Å². The molecule has 1 amide bonds. The number of imidazole rings is 1. The Bertz CT molecular complexity index is 650. The normalized spacial score (nSPS) is 18.7. The lowest BCUT2D eigenvalue weighted by Crippen LogP contribution is -2.48. The lowest BCUT2D eigenvalue weighted by Gasteiger charge is -2.38. The van der Waals surface area contributed by atoms with Gasteiger partial charge in [-0.05, 0) is 25.0 Å². The van der Waals surface area contributed by atoms with Crippen molar-refractivity contribution >= 4 is 17.3 Å². The number of rotatable bonds is 3. The maximum Gasteiger partial charge on any atom is 0.249 e. The van der Waals surface area contributed by atoms with E-state index in [4.69, 9.17) is 0 Å².